The molecular formula is C13H28ClN3O. The minimum Gasteiger partial charge on any atom is -0.353 e. The fourth-order valence-corrected chi connectivity index (χ4v) is 2.29. The summed E-state index contributed by atoms with van der Waals surface area (Å²) in [7, 11) is 0. The number of likely N-dealkylation sites (tertiary alicyclic amines) is 1. The fraction of sp³-hybridized carbons (Fsp3) is 0.923. The van der Waals surface area contributed by atoms with Gasteiger partial charge in [-0.05, 0) is 45.6 Å². The summed E-state index contributed by atoms with van der Waals surface area (Å²) < 4.78 is 0. The summed E-state index contributed by atoms with van der Waals surface area (Å²) in [5.41, 5.74) is 5.94. The highest BCUT2D eigenvalue weighted by atomic mass is 35.5. The summed E-state index contributed by atoms with van der Waals surface area (Å²) in [5, 5.41) is 3.01. The lowest BCUT2D eigenvalue weighted by Gasteiger charge is -2.34. The summed E-state index contributed by atoms with van der Waals surface area (Å²) in [6.07, 6.45) is 3.33. The minimum absolute atomic E-state index is 0. The van der Waals surface area contributed by atoms with Gasteiger partial charge in [-0.3, -0.25) is 9.69 Å². The number of rotatable bonds is 5. The highest BCUT2D eigenvalue weighted by Gasteiger charge is 2.23. The Morgan fingerprint density at radius 3 is 2.72 bits per heavy atom. The van der Waals surface area contributed by atoms with E-state index < -0.39 is 0 Å². The number of carbonyl (C=O) groups is 1. The molecule has 0 spiro atoms. The van der Waals surface area contributed by atoms with Crippen molar-refractivity contribution in [2.24, 2.45) is 11.7 Å². The molecular weight excluding hydrogens is 250 g/mol. The number of nitrogens with zero attached hydrogens (tertiary/aromatic N) is 1. The van der Waals surface area contributed by atoms with E-state index in [2.05, 4.69) is 24.1 Å². The fourth-order valence-electron chi connectivity index (χ4n) is 2.29. The first-order valence-electron chi connectivity index (χ1n) is 6.80. The molecule has 0 aromatic heterocycles. The van der Waals surface area contributed by atoms with E-state index in [0.717, 1.165) is 25.9 Å². The summed E-state index contributed by atoms with van der Waals surface area (Å²) >= 11 is 0. The second kappa shape index (κ2) is 8.73. The van der Waals surface area contributed by atoms with Crippen LogP contribution in [0.25, 0.3) is 0 Å². The largest absolute Gasteiger partial charge is 0.353 e. The SMILES string of the molecule is CCC(C)NC(=O)CN1CCCC(C(C)N)C1.Cl. The van der Waals surface area contributed by atoms with Gasteiger partial charge in [0.25, 0.3) is 0 Å². The van der Waals surface area contributed by atoms with E-state index in [1.165, 1.54) is 6.42 Å². The molecule has 18 heavy (non-hydrogen) atoms. The van der Waals surface area contributed by atoms with Crippen LogP contribution in [-0.2, 0) is 4.79 Å². The zero-order valence-electron chi connectivity index (χ0n) is 11.8. The number of nitrogens with two attached hydrogens (primary N) is 1. The second-order valence-electron chi connectivity index (χ2n) is 5.37. The Kier molecular flexibility index (Phi) is 8.57. The van der Waals surface area contributed by atoms with Crippen LogP contribution in [0.2, 0.25) is 0 Å². The number of amides is 1. The van der Waals surface area contributed by atoms with Crippen LogP contribution in [0.3, 0.4) is 0 Å². The van der Waals surface area contributed by atoms with Crippen LogP contribution in [-0.4, -0.2) is 42.5 Å². The van der Waals surface area contributed by atoms with Crippen molar-refractivity contribution >= 4 is 18.3 Å². The Balaban J connectivity index is 0.00000289. The Morgan fingerprint density at radius 2 is 2.17 bits per heavy atom. The molecule has 4 nitrogen and oxygen atoms in total. The van der Waals surface area contributed by atoms with Gasteiger partial charge in [0.15, 0.2) is 0 Å². The van der Waals surface area contributed by atoms with Gasteiger partial charge in [0, 0.05) is 18.6 Å². The van der Waals surface area contributed by atoms with Gasteiger partial charge in [-0.15, -0.1) is 12.4 Å². The molecule has 0 radical (unpaired) electrons. The predicted molar refractivity (Wildman–Crippen MR) is 78.0 cm³/mol. The van der Waals surface area contributed by atoms with Gasteiger partial charge in [-0.25, -0.2) is 0 Å². The van der Waals surface area contributed by atoms with Crippen molar-refractivity contribution in [2.75, 3.05) is 19.6 Å². The summed E-state index contributed by atoms with van der Waals surface area (Å²) in [4.78, 5) is 14.0. The Hall–Kier alpha value is -0.320. The molecule has 1 rings (SSSR count). The zero-order valence-corrected chi connectivity index (χ0v) is 12.6. The number of hydrogen-bond acceptors (Lipinski definition) is 3. The van der Waals surface area contributed by atoms with Crippen molar-refractivity contribution in [1.29, 1.82) is 0 Å². The summed E-state index contributed by atoms with van der Waals surface area (Å²) in [6.45, 7) is 8.69. The van der Waals surface area contributed by atoms with Crippen LogP contribution >= 0.6 is 12.4 Å². The van der Waals surface area contributed by atoms with Gasteiger partial charge in [0.2, 0.25) is 5.91 Å². The molecule has 5 heteroatoms. The third-order valence-electron chi connectivity index (χ3n) is 3.67. The highest BCUT2D eigenvalue weighted by molar-refractivity contribution is 5.85. The van der Waals surface area contributed by atoms with Crippen LogP contribution in [0.4, 0.5) is 0 Å². The van der Waals surface area contributed by atoms with Crippen LogP contribution in [0.15, 0.2) is 0 Å². The average molecular weight is 278 g/mol. The van der Waals surface area contributed by atoms with Gasteiger partial charge in [-0.2, -0.15) is 0 Å². The van der Waals surface area contributed by atoms with E-state index in [4.69, 9.17) is 5.73 Å². The highest BCUT2D eigenvalue weighted by Crippen LogP contribution is 2.18. The second-order valence-corrected chi connectivity index (χ2v) is 5.37. The third-order valence-corrected chi connectivity index (χ3v) is 3.67. The van der Waals surface area contributed by atoms with Crippen LogP contribution in [0.5, 0.6) is 0 Å². The third kappa shape index (κ3) is 6.03. The Labute approximate surface area is 117 Å². The molecule has 0 aromatic rings. The Morgan fingerprint density at radius 1 is 1.50 bits per heavy atom. The zero-order chi connectivity index (χ0) is 12.8. The standard InChI is InChI=1S/C13H27N3O.ClH/c1-4-10(2)15-13(17)9-16-7-5-6-12(8-16)11(3)14;/h10-12H,4-9,14H2,1-3H3,(H,15,17);1H. The Bertz CT molecular complexity index is 248. The van der Waals surface area contributed by atoms with E-state index in [-0.39, 0.29) is 30.4 Å². The maximum Gasteiger partial charge on any atom is 0.234 e. The number of halogens is 1. The van der Waals surface area contributed by atoms with Crippen molar-refractivity contribution in [2.45, 2.75) is 52.1 Å². The van der Waals surface area contributed by atoms with E-state index >= 15 is 0 Å². The molecule has 0 aromatic carbocycles. The first kappa shape index (κ1) is 17.7. The molecule has 3 N–H and O–H groups in total. The minimum atomic E-state index is 0. The molecule has 3 atom stereocenters. The first-order valence-corrected chi connectivity index (χ1v) is 6.80. The smallest absolute Gasteiger partial charge is 0.234 e. The topological polar surface area (TPSA) is 58.4 Å². The average Bonchev–Trinajstić information content (AvgIpc) is 2.28. The van der Waals surface area contributed by atoms with Crippen molar-refractivity contribution in [3.63, 3.8) is 0 Å². The van der Waals surface area contributed by atoms with E-state index in [1.54, 1.807) is 0 Å². The van der Waals surface area contributed by atoms with Gasteiger partial charge in [0.1, 0.15) is 0 Å². The van der Waals surface area contributed by atoms with Gasteiger partial charge in [-0.1, -0.05) is 6.92 Å². The quantitative estimate of drug-likeness (QED) is 0.798. The van der Waals surface area contributed by atoms with Crippen LogP contribution in [0, 0.1) is 5.92 Å². The monoisotopic (exact) mass is 277 g/mol. The van der Waals surface area contributed by atoms with E-state index in [1.807, 2.05) is 6.92 Å². The molecule has 1 aliphatic heterocycles. The summed E-state index contributed by atoms with van der Waals surface area (Å²) in [6, 6.07) is 0.506. The number of nitrogens with one attached hydrogen (secondary N) is 1. The van der Waals surface area contributed by atoms with Crippen molar-refractivity contribution in [3.8, 4) is 0 Å². The lowest BCUT2D eigenvalue weighted by molar-refractivity contribution is -0.123. The number of carbonyl (C=O) groups excluding carboxylic acids is 1. The molecule has 0 saturated carbocycles. The molecule has 108 valence electrons. The number of piperidine rings is 1. The lowest BCUT2D eigenvalue weighted by Crippen LogP contribution is -2.47. The van der Waals surface area contributed by atoms with Crippen molar-refractivity contribution in [1.82, 2.24) is 10.2 Å². The van der Waals surface area contributed by atoms with Gasteiger partial charge in [0.05, 0.1) is 6.54 Å². The maximum atomic E-state index is 11.8. The van der Waals surface area contributed by atoms with E-state index in [9.17, 15) is 4.79 Å². The summed E-state index contributed by atoms with van der Waals surface area (Å²) in [5.74, 6) is 0.685. The molecule has 1 fully saturated rings. The predicted octanol–water partition coefficient (Wildman–Crippen LogP) is 1.38. The molecule has 3 unspecified atom stereocenters. The van der Waals surface area contributed by atoms with Crippen LogP contribution in [0.1, 0.15) is 40.0 Å². The first-order chi connectivity index (χ1) is 8.02. The van der Waals surface area contributed by atoms with Crippen molar-refractivity contribution in [3.05, 3.63) is 0 Å². The molecule has 0 bridgehead atoms. The normalized spacial score (nSPS) is 23.9. The lowest BCUT2D eigenvalue weighted by atomic mass is 9.92. The van der Waals surface area contributed by atoms with Gasteiger partial charge >= 0.3 is 0 Å². The maximum absolute atomic E-state index is 11.8. The number of hydrogen-bond donors (Lipinski definition) is 2. The molecule has 1 amide bonds. The molecule has 0 aliphatic carbocycles. The molecule has 1 aliphatic rings. The van der Waals surface area contributed by atoms with Gasteiger partial charge < -0.3 is 11.1 Å². The molecule has 1 saturated heterocycles. The van der Waals surface area contributed by atoms with Crippen molar-refractivity contribution < 1.29 is 4.79 Å². The van der Waals surface area contributed by atoms with Crippen LogP contribution < -0.4 is 11.1 Å². The molecule has 1 heterocycles. The van der Waals surface area contributed by atoms with E-state index in [0.29, 0.717) is 12.5 Å².